The van der Waals surface area contributed by atoms with Gasteiger partial charge in [0.25, 0.3) is 10.0 Å². The molecule has 3 aromatic rings. The first-order valence-corrected chi connectivity index (χ1v) is 14.8. The van der Waals surface area contributed by atoms with Gasteiger partial charge in [0.05, 0.1) is 27.7 Å². The Bertz CT molecular complexity index is 1450. The number of nitrogens with one attached hydrogen (secondary N) is 1. The van der Waals surface area contributed by atoms with Crippen molar-refractivity contribution in [1.29, 1.82) is 0 Å². The first-order chi connectivity index (χ1) is 18.8. The maximum absolute atomic E-state index is 13.9. The standard InChI is InChI=1S/C29H33Cl2N3O5S/c1-19(2)32-29(36)21(4)33(17-22-8-15-26(30)27(31)16-22)28(35)18-34(23-9-6-20(3)7-10-23)40(37,38)25-13-11-24(39-5)12-14-25/h6-16,19,21H,17-18H2,1-5H3,(H,32,36)/t21-/m0/s1. The predicted octanol–water partition coefficient (Wildman–Crippen LogP) is 5.45. The fourth-order valence-electron chi connectivity index (χ4n) is 3.94. The van der Waals surface area contributed by atoms with Crippen molar-refractivity contribution < 1.29 is 22.7 Å². The summed E-state index contributed by atoms with van der Waals surface area (Å²) in [6.07, 6.45) is 0. The number of anilines is 1. The Morgan fingerprint density at radius 3 is 2.10 bits per heavy atom. The highest BCUT2D eigenvalue weighted by Gasteiger charge is 2.32. The molecule has 8 nitrogen and oxygen atoms in total. The van der Waals surface area contributed by atoms with Crippen LogP contribution in [0.5, 0.6) is 5.75 Å². The molecule has 0 aliphatic carbocycles. The molecule has 11 heteroatoms. The minimum absolute atomic E-state index is 0.00667. The monoisotopic (exact) mass is 605 g/mol. The van der Waals surface area contributed by atoms with E-state index in [9.17, 15) is 18.0 Å². The summed E-state index contributed by atoms with van der Waals surface area (Å²) in [7, 11) is -2.69. The number of sulfonamides is 1. The molecule has 0 unspecified atom stereocenters. The Morgan fingerprint density at radius 2 is 1.55 bits per heavy atom. The maximum atomic E-state index is 13.9. The third-order valence-corrected chi connectivity index (χ3v) is 8.71. The smallest absolute Gasteiger partial charge is 0.264 e. The van der Waals surface area contributed by atoms with Crippen molar-refractivity contribution in [2.24, 2.45) is 0 Å². The minimum atomic E-state index is -4.18. The van der Waals surface area contributed by atoms with Crippen molar-refractivity contribution >= 4 is 50.7 Å². The number of carbonyl (C=O) groups is 2. The number of methoxy groups -OCH3 is 1. The number of nitrogens with zero attached hydrogens (tertiary/aromatic N) is 2. The Balaban J connectivity index is 2.04. The van der Waals surface area contributed by atoms with Crippen molar-refractivity contribution in [3.63, 3.8) is 0 Å². The van der Waals surface area contributed by atoms with Gasteiger partial charge in [0.1, 0.15) is 18.3 Å². The molecule has 40 heavy (non-hydrogen) atoms. The molecule has 0 aliphatic heterocycles. The third kappa shape index (κ3) is 7.68. The summed E-state index contributed by atoms with van der Waals surface area (Å²) in [6.45, 7) is 6.57. The largest absolute Gasteiger partial charge is 0.497 e. The average Bonchev–Trinajstić information content (AvgIpc) is 2.92. The van der Waals surface area contributed by atoms with E-state index >= 15 is 0 Å². The predicted molar refractivity (Wildman–Crippen MR) is 158 cm³/mol. The van der Waals surface area contributed by atoms with Crippen LogP contribution in [-0.4, -0.2) is 50.9 Å². The van der Waals surface area contributed by atoms with E-state index < -0.39 is 28.5 Å². The molecule has 0 radical (unpaired) electrons. The second-order valence-corrected chi connectivity index (χ2v) is 12.3. The maximum Gasteiger partial charge on any atom is 0.264 e. The van der Waals surface area contributed by atoms with Crippen LogP contribution in [0.3, 0.4) is 0 Å². The van der Waals surface area contributed by atoms with Crippen LogP contribution < -0.4 is 14.4 Å². The lowest BCUT2D eigenvalue weighted by molar-refractivity contribution is -0.139. The molecule has 0 saturated carbocycles. The molecule has 2 amide bonds. The fourth-order valence-corrected chi connectivity index (χ4v) is 5.67. The number of hydrogen-bond donors (Lipinski definition) is 1. The van der Waals surface area contributed by atoms with Gasteiger partial charge in [0.15, 0.2) is 0 Å². The van der Waals surface area contributed by atoms with Crippen molar-refractivity contribution in [2.45, 2.75) is 51.2 Å². The van der Waals surface area contributed by atoms with Crippen LogP contribution in [0.15, 0.2) is 71.6 Å². The molecule has 0 spiro atoms. The van der Waals surface area contributed by atoms with Gasteiger partial charge in [-0.15, -0.1) is 0 Å². The number of aryl methyl sites for hydroxylation is 1. The molecule has 0 heterocycles. The Morgan fingerprint density at radius 1 is 0.925 bits per heavy atom. The Labute approximate surface area is 245 Å². The fraction of sp³-hybridized carbons (Fsp3) is 0.310. The second kappa shape index (κ2) is 13.4. The number of benzene rings is 3. The number of hydrogen-bond acceptors (Lipinski definition) is 5. The molecule has 0 aliphatic rings. The molecule has 0 saturated heterocycles. The van der Waals surface area contributed by atoms with Crippen LogP contribution in [0.2, 0.25) is 10.0 Å². The number of ether oxygens (including phenoxy) is 1. The summed E-state index contributed by atoms with van der Waals surface area (Å²) in [4.78, 5) is 28.2. The minimum Gasteiger partial charge on any atom is -0.497 e. The van der Waals surface area contributed by atoms with E-state index in [0.717, 1.165) is 9.87 Å². The van der Waals surface area contributed by atoms with Crippen LogP contribution in [-0.2, 0) is 26.2 Å². The second-order valence-electron chi connectivity index (χ2n) is 9.63. The van der Waals surface area contributed by atoms with Gasteiger partial charge in [-0.2, -0.15) is 0 Å². The Hall–Kier alpha value is -3.27. The lowest BCUT2D eigenvalue weighted by Gasteiger charge is -2.32. The van der Waals surface area contributed by atoms with Gasteiger partial charge in [0.2, 0.25) is 11.8 Å². The molecular formula is C29H33Cl2N3O5S. The van der Waals surface area contributed by atoms with Crippen molar-refractivity contribution in [3.05, 3.63) is 87.9 Å². The lowest BCUT2D eigenvalue weighted by Crippen LogP contribution is -2.52. The van der Waals surface area contributed by atoms with Gasteiger partial charge >= 0.3 is 0 Å². The van der Waals surface area contributed by atoms with Crippen LogP contribution in [0.25, 0.3) is 0 Å². The molecule has 3 aromatic carbocycles. The van der Waals surface area contributed by atoms with Gasteiger partial charge in [0, 0.05) is 12.6 Å². The zero-order chi connectivity index (χ0) is 29.6. The molecule has 0 bridgehead atoms. The van der Waals surface area contributed by atoms with Gasteiger partial charge < -0.3 is 15.0 Å². The van der Waals surface area contributed by atoms with Crippen LogP contribution in [0.1, 0.15) is 31.9 Å². The van der Waals surface area contributed by atoms with Gasteiger partial charge in [-0.1, -0.05) is 47.0 Å². The van der Waals surface area contributed by atoms with E-state index in [2.05, 4.69) is 5.32 Å². The van der Waals surface area contributed by atoms with E-state index in [-0.39, 0.29) is 23.4 Å². The van der Waals surface area contributed by atoms with E-state index in [1.54, 1.807) is 49.4 Å². The molecule has 214 valence electrons. The summed E-state index contributed by atoms with van der Waals surface area (Å²) in [5.41, 5.74) is 1.87. The number of carbonyl (C=O) groups excluding carboxylic acids is 2. The molecule has 1 atom stereocenters. The van der Waals surface area contributed by atoms with Crippen molar-refractivity contribution in [3.8, 4) is 5.75 Å². The summed E-state index contributed by atoms with van der Waals surface area (Å²) < 4.78 is 33.9. The summed E-state index contributed by atoms with van der Waals surface area (Å²) >= 11 is 12.3. The third-order valence-electron chi connectivity index (χ3n) is 6.18. The van der Waals surface area contributed by atoms with E-state index in [4.69, 9.17) is 27.9 Å². The topological polar surface area (TPSA) is 96.0 Å². The number of rotatable bonds is 11. The lowest BCUT2D eigenvalue weighted by atomic mass is 10.1. The SMILES string of the molecule is COc1ccc(S(=O)(=O)N(CC(=O)N(Cc2ccc(Cl)c(Cl)c2)[C@@H](C)C(=O)NC(C)C)c2ccc(C)cc2)cc1. The summed E-state index contributed by atoms with van der Waals surface area (Å²) in [5, 5.41) is 3.47. The Kier molecular flexibility index (Phi) is 10.5. The first-order valence-electron chi connectivity index (χ1n) is 12.6. The van der Waals surface area contributed by atoms with E-state index in [1.165, 1.54) is 36.3 Å². The van der Waals surface area contributed by atoms with Gasteiger partial charge in [-0.3, -0.25) is 13.9 Å². The van der Waals surface area contributed by atoms with E-state index in [0.29, 0.717) is 27.0 Å². The number of amides is 2. The van der Waals surface area contributed by atoms with Gasteiger partial charge in [-0.25, -0.2) is 8.42 Å². The highest BCUT2D eigenvalue weighted by molar-refractivity contribution is 7.92. The highest BCUT2D eigenvalue weighted by atomic mass is 35.5. The first kappa shape index (κ1) is 31.3. The zero-order valence-electron chi connectivity index (χ0n) is 23.0. The molecule has 1 N–H and O–H groups in total. The number of halogens is 2. The molecule has 0 aromatic heterocycles. The van der Waals surface area contributed by atoms with Crippen molar-refractivity contribution in [2.75, 3.05) is 18.0 Å². The van der Waals surface area contributed by atoms with Crippen LogP contribution in [0, 0.1) is 6.92 Å². The van der Waals surface area contributed by atoms with Crippen LogP contribution in [0.4, 0.5) is 5.69 Å². The zero-order valence-corrected chi connectivity index (χ0v) is 25.3. The van der Waals surface area contributed by atoms with Crippen molar-refractivity contribution in [1.82, 2.24) is 10.2 Å². The quantitative estimate of drug-likeness (QED) is 0.313. The summed E-state index contributed by atoms with van der Waals surface area (Å²) in [6, 6.07) is 16.6. The molecular weight excluding hydrogens is 573 g/mol. The molecule has 3 rings (SSSR count). The van der Waals surface area contributed by atoms with Gasteiger partial charge in [-0.05, 0) is 81.8 Å². The summed E-state index contributed by atoms with van der Waals surface area (Å²) in [5.74, 6) is -0.451. The van der Waals surface area contributed by atoms with Crippen LogP contribution >= 0.6 is 23.2 Å². The van der Waals surface area contributed by atoms with E-state index in [1.807, 2.05) is 20.8 Å². The average molecular weight is 607 g/mol. The molecule has 0 fully saturated rings. The highest BCUT2D eigenvalue weighted by Crippen LogP contribution is 2.27. The normalized spacial score (nSPS) is 12.1.